The number of rotatable bonds is 5. The number of nitrogens with one attached hydrogen (secondary N) is 1. The molecule has 0 heterocycles. The normalized spacial score (nSPS) is 14.9. The average molecular weight is 229 g/mol. The van der Waals surface area contributed by atoms with Crippen LogP contribution in [0, 0.1) is 5.82 Å². The summed E-state index contributed by atoms with van der Waals surface area (Å²) in [5, 5.41) is 3.18. The summed E-state index contributed by atoms with van der Waals surface area (Å²) in [6, 6.07) is 6.67. The molecule has 0 aliphatic rings. The molecule has 2 nitrogen and oxygen atoms in total. The van der Waals surface area contributed by atoms with Gasteiger partial charge in [0.15, 0.2) is 0 Å². The van der Waals surface area contributed by atoms with Crippen molar-refractivity contribution in [3.63, 3.8) is 0 Å². The summed E-state index contributed by atoms with van der Waals surface area (Å²) in [7, 11) is -0.830. The summed E-state index contributed by atoms with van der Waals surface area (Å²) in [6.45, 7) is 3.02. The van der Waals surface area contributed by atoms with Crippen molar-refractivity contribution in [2.75, 3.05) is 12.8 Å². The van der Waals surface area contributed by atoms with Crippen LogP contribution in [0.2, 0.25) is 0 Å². The standard InChI is InChI=1S/C11H16FNOS/c1-9(15(2)14)7-13-8-10-5-3-4-6-11(10)12/h3-6,9,13H,7-8H2,1-2H3. The van der Waals surface area contributed by atoms with Crippen LogP contribution in [0.3, 0.4) is 0 Å². The van der Waals surface area contributed by atoms with Crippen LogP contribution in [0.1, 0.15) is 12.5 Å². The predicted molar refractivity (Wildman–Crippen MR) is 61.6 cm³/mol. The molecule has 1 aromatic carbocycles. The minimum absolute atomic E-state index is 0.0942. The highest BCUT2D eigenvalue weighted by atomic mass is 32.2. The van der Waals surface area contributed by atoms with Crippen LogP contribution in [0.5, 0.6) is 0 Å². The van der Waals surface area contributed by atoms with Gasteiger partial charge in [-0.25, -0.2) is 4.39 Å². The fourth-order valence-corrected chi connectivity index (χ4v) is 1.52. The van der Waals surface area contributed by atoms with Crippen LogP contribution in [-0.2, 0) is 17.3 Å². The van der Waals surface area contributed by atoms with Gasteiger partial charge in [0.1, 0.15) is 5.82 Å². The van der Waals surface area contributed by atoms with Gasteiger partial charge in [-0.15, -0.1) is 0 Å². The Hall–Kier alpha value is -0.740. The van der Waals surface area contributed by atoms with E-state index >= 15 is 0 Å². The lowest BCUT2D eigenvalue weighted by Crippen LogP contribution is -2.27. The van der Waals surface area contributed by atoms with E-state index in [0.717, 1.165) is 0 Å². The van der Waals surface area contributed by atoms with E-state index in [9.17, 15) is 8.60 Å². The largest absolute Gasteiger partial charge is 0.311 e. The van der Waals surface area contributed by atoms with Gasteiger partial charge in [0.25, 0.3) is 0 Å². The third-order valence-corrected chi connectivity index (χ3v) is 3.57. The summed E-state index contributed by atoms with van der Waals surface area (Å²) in [5.41, 5.74) is 0.645. The third-order valence-electron chi connectivity index (χ3n) is 2.27. The molecule has 0 bridgehead atoms. The Labute approximate surface area is 92.3 Å². The minimum Gasteiger partial charge on any atom is -0.311 e. The van der Waals surface area contributed by atoms with Crippen molar-refractivity contribution in [3.05, 3.63) is 35.6 Å². The molecule has 0 radical (unpaired) electrons. The fourth-order valence-electron chi connectivity index (χ4n) is 1.17. The van der Waals surface area contributed by atoms with Crippen molar-refractivity contribution in [2.45, 2.75) is 18.7 Å². The summed E-state index contributed by atoms with van der Waals surface area (Å²) >= 11 is 0. The molecule has 0 fully saturated rings. The topological polar surface area (TPSA) is 29.1 Å². The van der Waals surface area contributed by atoms with Gasteiger partial charge >= 0.3 is 0 Å². The molecule has 0 saturated heterocycles. The Balaban J connectivity index is 2.38. The van der Waals surface area contributed by atoms with Crippen molar-refractivity contribution in [2.24, 2.45) is 0 Å². The van der Waals surface area contributed by atoms with Gasteiger partial charge in [-0.1, -0.05) is 18.2 Å². The van der Waals surface area contributed by atoms with Crippen LogP contribution in [0.4, 0.5) is 4.39 Å². The average Bonchev–Trinajstić information content (AvgIpc) is 2.20. The Morgan fingerprint density at radius 1 is 1.47 bits per heavy atom. The number of halogens is 1. The van der Waals surface area contributed by atoms with Gasteiger partial charge in [0.05, 0.1) is 0 Å². The lowest BCUT2D eigenvalue weighted by atomic mass is 10.2. The molecule has 0 amide bonds. The second kappa shape index (κ2) is 5.98. The van der Waals surface area contributed by atoms with Gasteiger partial charge in [0.2, 0.25) is 0 Å². The highest BCUT2D eigenvalue weighted by Crippen LogP contribution is 2.05. The maximum Gasteiger partial charge on any atom is 0.127 e. The first-order valence-corrected chi connectivity index (χ1v) is 6.49. The van der Waals surface area contributed by atoms with Gasteiger partial charge in [0, 0.05) is 41.0 Å². The second-order valence-corrected chi connectivity index (χ2v) is 5.33. The molecule has 0 aromatic heterocycles. The molecule has 84 valence electrons. The van der Waals surface area contributed by atoms with Gasteiger partial charge < -0.3 is 5.32 Å². The molecule has 2 unspecified atom stereocenters. The summed E-state index contributed by atoms with van der Waals surface area (Å²) in [5.74, 6) is -0.199. The van der Waals surface area contributed by atoms with Crippen molar-refractivity contribution in [3.8, 4) is 0 Å². The lowest BCUT2D eigenvalue weighted by Gasteiger charge is -2.10. The Morgan fingerprint density at radius 3 is 2.73 bits per heavy atom. The first-order valence-electron chi connectivity index (χ1n) is 4.87. The molecular weight excluding hydrogens is 213 g/mol. The van der Waals surface area contributed by atoms with Crippen molar-refractivity contribution in [1.29, 1.82) is 0 Å². The molecule has 1 rings (SSSR count). The summed E-state index contributed by atoms with van der Waals surface area (Å²) < 4.78 is 24.2. The van der Waals surface area contributed by atoms with Crippen molar-refractivity contribution >= 4 is 10.8 Å². The summed E-state index contributed by atoms with van der Waals surface area (Å²) in [4.78, 5) is 0. The smallest absolute Gasteiger partial charge is 0.127 e. The highest BCUT2D eigenvalue weighted by molar-refractivity contribution is 7.84. The number of hydrogen-bond donors (Lipinski definition) is 1. The van der Waals surface area contributed by atoms with E-state index in [1.807, 2.05) is 13.0 Å². The maximum absolute atomic E-state index is 13.2. The molecular formula is C11H16FNOS. The molecule has 0 aliphatic heterocycles. The summed E-state index contributed by atoms with van der Waals surface area (Å²) in [6.07, 6.45) is 1.68. The Morgan fingerprint density at radius 2 is 2.13 bits per heavy atom. The molecule has 15 heavy (non-hydrogen) atoms. The zero-order valence-electron chi connectivity index (χ0n) is 9.00. The van der Waals surface area contributed by atoms with E-state index in [2.05, 4.69) is 5.32 Å². The first-order chi connectivity index (χ1) is 7.11. The van der Waals surface area contributed by atoms with Crippen LogP contribution >= 0.6 is 0 Å². The van der Waals surface area contributed by atoms with Gasteiger partial charge in [-0.3, -0.25) is 4.21 Å². The van der Waals surface area contributed by atoms with E-state index in [-0.39, 0.29) is 11.1 Å². The molecule has 1 N–H and O–H groups in total. The maximum atomic E-state index is 13.2. The van der Waals surface area contributed by atoms with Crippen LogP contribution in [-0.4, -0.2) is 22.3 Å². The highest BCUT2D eigenvalue weighted by Gasteiger charge is 2.06. The molecule has 4 heteroatoms. The zero-order chi connectivity index (χ0) is 11.3. The van der Waals surface area contributed by atoms with Crippen LogP contribution in [0.15, 0.2) is 24.3 Å². The lowest BCUT2D eigenvalue weighted by molar-refractivity contribution is 0.585. The Bertz CT molecular complexity index is 343. The fraction of sp³-hybridized carbons (Fsp3) is 0.455. The van der Waals surface area contributed by atoms with Gasteiger partial charge in [-0.05, 0) is 13.0 Å². The predicted octanol–water partition coefficient (Wildman–Crippen LogP) is 1.68. The molecule has 2 atom stereocenters. The minimum atomic E-state index is -0.830. The van der Waals surface area contributed by atoms with E-state index in [0.29, 0.717) is 18.7 Å². The zero-order valence-corrected chi connectivity index (χ0v) is 9.81. The Kier molecular flexibility index (Phi) is 4.91. The van der Waals surface area contributed by atoms with E-state index in [4.69, 9.17) is 0 Å². The van der Waals surface area contributed by atoms with Crippen LogP contribution in [0.25, 0.3) is 0 Å². The SMILES string of the molecule is CC(CNCc1ccccc1F)S(C)=O. The van der Waals surface area contributed by atoms with E-state index < -0.39 is 10.8 Å². The molecule has 0 spiro atoms. The van der Waals surface area contributed by atoms with Crippen molar-refractivity contribution < 1.29 is 8.60 Å². The molecule has 0 aliphatic carbocycles. The number of benzene rings is 1. The molecule has 1 aromatic rings. The van der Waals surface area contributed by atoms with E-state index in [1.165, 1.54) is 6.07 Å². The number of hydrogen-bond acceptors (Lipinski definition) is 2. The quantitative estimate of drug-likeness (QED) is 0.832. The first kappa shape index (κ1) is 12.3. The molecule has 0 saturated carbocycles. The third kappa shape index (κ3) is 4.10. The van der Waals surface area contributed by atoms with Crippen molar-refractivity contribution in [1.82, 2.24) is 5.32 Å². The monoisotopic (exact) mass is 229 g/mol. The second-order valence-electron chi connectivity index (χ2n) is 3.53. The van der Waals surface area contributed by atoms with E-state index in [1.54, 1.807) is 18.4 Å². The van der Waals surface area contributed by atoms with Crippen LogP contribution < -0.4 is 5.32 Å². The van der Waals surface area contributed by atoms with Gasteiger partial charge in [-0.2, -0.15) is 0 Å².